The van der Waals surface area contributed by atoms with Crippen LogP contribution in [0.5, 0.6) is 0 Å². The first-order valence-electron chi connectivity index (χ1n) is 19.6. The number of para-hydroxylation sites is 2. The van der Waals surface area contributed by atoms with Crippen molar-refractivity contribution in [2.45, 2.75) is 5.41 Å². The molecule has 0 unspecified atom stereocenters. The molecule has 1 aromatic heterocycles. The molecule has 9 aromatic carbocycles. The van der Waals surface area contributed by atoms with E-state index in [4.69, 9.17) is 4.42 Å². The van der Waals surface area contributed by atoms with Crippen LogP contribution >= 0.6 is 0 Å². The molecular weight excluding hydrogens is 691 g/mol. The SMILES string of the molecule is c1ccc(-c2c(-c3cccc4oc5ccccc5c34)cccc2N(c2ccccc2)c2cccc(C3(c4ccccc4)c4ccccc4-c4ccccc43)c2)cc1. The molecule has 2 heteroatoms. The Labute approximate surface area is 332 Å². The van der Waals surface area contributed by atoms with Crippen LogP contribution in [0.25, 0.3) is 55.3 Å². The highest BCUT2D eigenvalue weighted by atomic mass is 16.3. The summed E-state index contributed by atoms with van der Waals surface area (Å²) in [6.45, 7) is 0. The normalized spacial score (nSPS) is 12.7. The lowest BCUT2D eigenvalue weighted by molar-refractivity contribution is 0.669. The standard InChI is InChI=1S/C55H37NO/c1-4-19-38(20-5-1)53-45(46-31-18-36-52-54(46)47-29-12-15-35-51(47)57-52)30-17-34-50(53)56(41-24-8-3-9-25-41)42-26-16-23-40(37-42)55(39-21-6-2-7-22-39)48-32-13-10-27-43(48)44-28-11-14-33-49(44)55/h1-37H. The second kappa shape index (κ2) is 13.4. The van der Waals surface area contributed by atoms with Gasteiger partial charge in [0.2, 0.25) is 0 Å². The van der Waals surface area contributed by atoms with E-state index in [1.165, 1.54) is 33.4 Å². The van der Waals surface area contributed by atoms with Gasteiger partial charge in [0.25, 0.3) is 0 Å². The Balaban J connectivity index is 1.20. The fraction of sp³-hybridized carbons (Fsp3) is 0.0182. The van der Waals surface area contributed by atoms with Crippen LogP contribution < -0.4 is 4.90 Å². The van der Waals surface area contributed by atoms with Gasteiger partial charge in [0.05, 0.1) is 11.1 Å². The van der Waals surface area contributed by atoms with Gasteiger partial charge in [-0.05, 0) is 92.5 Å². The van der Waals surface area contributed by atoms with E-state index in [0.29, 0.717) is 0 Å². The molecule has 0 radical (unpaired) electrons. The van der Waals surface area contributed by atoms with Crippen LogP contribution in [0, 0.1) is 0 Å². The summed E-state index contributed by atoms with van der Waals surface area (Å²) < 4.78 is 6.42. The average Bonchev–Trinajstić information content (AvgIpc) is 3.82. The Morgan fingerprint density at radius 1 is 0.368 bits per heavy atom. The maximum absolute atomic E-state index is 6.42. The smallest absolute Gasteiger partial charge is 0.136 e. The van der Waals surface area contributed by atoms with Crippen molar-refractivity contribution in [2.24, 2.45) is 0 Å². The van der Waals surface area contributed by atoms with Crippen molar-refractivity contribution in [3.8, 4) is 33.4 Å². The monoisotopic (exact) mass is 727 g/mol. The molecule has 10 aromatic rings. The molecule has 0 saturated heterocycles. The number of anilines is 3. The average molecular weight is 728 g/mol. The molecule has 0 fully saturated rings. The van der Waals surface area contributed by atoms with E-state index >= 15 is 0 Å². The van der Waals surface area contributed by atoms with E-state index in [2.05, 4.69) is 223 Å². The van der Waals surface area contributed by atoms with Crippen LogP contribution in [0.15, 0.2) is 229 Å². The number of hydrogen-bond donors (Lipinski definition) is 0. The Morgan fingerprint density at radius 2 is 0.895 bits per heavy atom. The van der Waals surface area contributed by atoms with Crippen LogP contribution in [0.1, 0.15) is 22.3 Å². The van der Waals surface area contributed by atoms with Crippen LogP contribution in [-0.4, -0.2) is 0 Å². The number of fused-ring (bicyclic) bond motifs is 6. The van der Waals surface area contributed by atoms with Gasteiger partial charge in [0, 0.05) is 27.7 Å². The fourth-order valence-electron chi connectivity index (χ4n) is 9.45. The molecule has 0 bridgehead atoms. The van der Waals surface area contributed by atoms with Crippen molar-refractivity contribution >= 4 is 39.0 Å². The quantitative estimate of drug-likeness (QED) is 0.163. The van der Waals surface area contributed by atoms with E-state index in [1.807, 2.05) is 6.07 Å². The Morgan fingerprint density at radius 3 is 1.65 bits per heavy atom. The molecule has 57 heavy (non-hydrogen) atoms. The van der Waals surface area contributed by atoms with Crippen LogP contribution in [0.4, 0.5) is 17.1 Å². The van der Waals surface area contributed by atoms with Gasteiger partial charge >= 0.3 is 0 Å². The summed E-state index contributed by atoms with van der Waals surface area (Å²) in [5, 5.41) is 2.24. The van der Waals surface area contributed by atoms with E-state index in [0.717, 1.165) is 61.3 Å². The number of benzene rings is 9. The van der Waals surface area contributed by atoms with Crippen molar-refractivity contribution in [2.75, 3.05) is 4.90 Å². The van der Waals surface area contributed by atoms with Gasteiger partial charge in [-0.1, -0.05) is 182 Å². The Hall–Kier alpha value is -7.42. The van der Waals surface area contributed by atoms with E-state index in [9.17, 15) is 0 Å². The first kappa shape index (κ1) is 33.0. The van der Waals surface area contributed by atoms with Gasteiger partial charge in [-0.15, -0.1) is 0 Å². The zero-order chi connectivity index (χ0) is 37.8. The van der Waals surface area contributed by atoms with Crippen LogP contribution in [-0.2, 0) is 5.41 Å². The minimum Gasteiger partial charge on any atom is -0.456 e. The third-order valence-corrected chi connectivity index (χ3v) is 11.7. The summed E-state index contributed by atoms with van der Waals surface area (Å²) in [5.41, 5.74) is 16.7. The summed E-state index contributed by atoms with van der Waals surface area (Å²) in [4.78, 5) is 2.44. The zero-order valence-corrected chi connectivity index (χ0v) is 31.2. The van der Waals surface area contributed by atoms with Crippen molar-refractivity contribution in [1.29, 1.82) is 0 Å². The Kier molecular flexibility index (Phi) is 7.75. The minimum atomic E-state index is -0.519. The van der Waals surface area contributed by atoms with Gasteiger partial charge in [0.1, 0.15) is 11.2 Å². The first-order chi connectivity index (χ1) is 28.3. The highest BCUT2D eigenvalue weighted by molar-refractivity contribution is 6.14. The van der Waals surface area contributed by atoms with Crippen molar-refractivity contribution in [3.63, 3.8) is 0 Å². The van der Waals surface area contributed by atoms with Crippen LogP contribution in [0.2, 0.25) is 0 Å². The van der Waals surface area contributed by atoms with Crippen molar-refractivity contribution in [3.05, 3.63) is 247 Å². The molecule has 1 heterocycles. The maximum atomic E-state index is 6.42. The fourth-order valence-corrected chi connectivity index (χ4v) is 9.45. The molecule has 0 saturated carbocycles. The summed E-state index contributed by atoms with van der Waals surface area (Å²) in [6, 6.07) is 81.3. The lowest BCUT2D eigenvalue weighted by Crippen LogP contribution is -2.28. The van der Waals surface area contributed by atoms with E-state index in [-0.39, 0.29) is 0 Å². The second-order valence-corrected chi connectivity index (χ2v) is 14.8. The molecule has 0 spiro atoms. The minimum absolute atomic E-state index is 0.519. The van der Waals surface area contributed by atoms with Gasteiger partial charge in [-0.25, -0.2) is 0 Å². The predicted molar refractivity (Wildman–Crippen MR) is 237 cm³/mol. The third kappa shape index (κ3) is 5.11. The van der Waals surface area contributed by atoms with Gasteiger partial charge in [0.15, 0.2) is 0 Å². The molecule has 1 aliphatic rings. The number of nitrogens with zero attached hydrogens (tertiary/aromatic N) is 1. The molecule has 0 N–H and O–H groups in total. The first-order valence-corrected chi connectivity index (χ1v) is 19.6. The van der Waals surface area contributed by atoms with Gasteiger partial charge in [-0.2, -0.15) is 0 Å². The number of furan rings is 1. The summed E-state index contributed by atoms with van der Waals surface area (Å²) in [6.07, 6.45) is 0. The third-order valence-electron chi connectivity index (χ3n) is 11.7. The summed E-state index contributed by atoms with van der Waals surface area (Å²) in [5.74, 6) is 0. The number of rotatable bonds is 7. The van der Waals surface area contributed by atoms with Crippen molar-refractivity contribution < 1.29 is 4.42 Å². The van der Waals surface area contributed by atoms with Gasteiger partial charge < -0.3 is 9.32 Å². The topological polar surface area (TPSA) is 16.4 Å². The molecule has 0 aliphatic heterocycles. The van der Waals surface area contributed by atoms with Gasteiger partial charge in [-0.3, -0.25) is 0 Å². The molecule has 1 aliphatic carbocycles. The largest absolute Gasteiger partial charge is 0.456 e. The lowest BCUT2D eigenvalue weighted by Gasteiger charge is -2.35. The van der Waals surface area contributed by atoms with Crippen LogP contribution in [0.3, 0.4) is 0 Å². The molecular formula is C55H37NO. The molecule has 268 valence electrons. The highest BCUT2D eigenvalue weighted by Crippen LogP contribution is 2.57. The van der Waals surface area contributed by atoms with E-state index in [1.54, 1.807) is 0 Å². The summed E-state index contributed by atoms with van der Waals surface area (Å²) >= 11 is 0. The second-order valence-electron chi connectivity index (χ2n) is 14.8. The Bertz CT molecular complexity index is 3030. The zero-order valence-electron chi connectivity index (χ0n) is 31.2. The van der Waals surface area contributed by atoms with Crippen molar-refractivity contribution in [1.82, 2.24) is 0 Å². The molecule has 0 amide bonds. The number of hydrogen-bond acceptors (Lipinski definition) is 2. The molecule has 11 rings (SSSR count). The predicted octanol–water partition coefficient (Wildman–Crippen LogP) is 14.8. The van der Waals surface area contributed by atoms with E-state index < -0.39 is 5.41 Å². The molecule has 0 atom stereocenters. The lowest BCUT2D eigenvalue weighted by atomic mass is 9.67. The molecule has 2 nitrogen and oxygen atoms in total. The maximum Gasteiger partial charge on any atom is 0.136 e. The summed E-state index contributed by atoms with van der Waals surface area (Å²) in [7, 11) is 0. The highest BCUT2D eigenvalue weighted by Gasteiger charge is 2.46.